The number of hydrogen-bond acceptors (Lipinski definition) is 10. The standard InChI is InChI=1S/C22H15N3O4S3/c26-22(29-10-14-11-31-20(24-14)17-5-2-8-27-17)16-4-1-7-23-19(16)30-12-15-13-32-21(25-15)18-6-3-9-28-18/h1-9,11,13H,10,12H2. The van der Waals surface area contributed by atoms with Crippen molar-refractivity contribution in [2.24, 2.45) is 0 Å². The zero-order valence-electron chi connectivity index (χ0n) is 16.5. The van der Waals surface area contributed by atoms with Crippen LogP contribution in [0.5, 0.6) is 0 Å². The van der Waals surface area contributed by atoms with Crippen LogP contribution in [0.3, 0.4) is 0 Å². The highest BCUT2D eigenvalue weighted by molar-refractivity contribution is 7.98. The van der Waals surface area contributed by atoms with Crippen LogP contribution in [0.25, 0.3) is 21.5 Å². The fourth-order valence-electron chi connectivity index (χ4n) is 2.79. The van der Waals surface area contributed by atoms with E-state index in [4.69, 9.17) is 13.6 Å². The first kappa shape index (κ1) is 20.7. The third-order valence-electron chi connectivity index (χ3n) is 4.27. The lowest BCUT2D eigenvalue weighted by Crippen LogP contribution is -2.08. The fraction of sp³-hybridized carbons (Fsp3) is 0.0909. The molecule has 0 saturated heterocycles. The summed E-state index contributed by atoms with van der Waals surface area (Å²) >= 11 is 4.39. The third-order valence-corrected chi connectivity index (χ3v) is 7.12. The second-order valence-corrected chi connectivity index (χ2v) is 9.14. The first-order chi connectivity index (χ1) is 15.8. The Labute approximate surface area is 195 Å². The average Bonchev–Trinajstić information content (AvgIpc) is 3.63. The average molecular weight is 482 g/mol. The number of thiazole rings is 2. The highest BCUT2D eigenvalue weighted by Gasteiger charge is 2.17. The first-order valence-corrected chi connectivity index (χ1v) is 12.2. The SMILES string of the molecule is O=C(OCc1csc(-c2ccco2)n1)c1cccnc1SCc1csc(-c2ccco2)n1. The van der Waals surface area contributed by atoms with Gasteiger partial charge in [-0.05, 0) is 36.4 Å². The number of carbonyl (C=O) groups is 1. The Balaban J connectivity index is 1.22. The van der Waals surface area contributed by atoms with Crippen LogP contribution in [-0.4, -0.2) is 20.9 Å². The number of nitrogens with zero attached hydrogens (tertiary/aromatic N) is 3. The first-order valence-electron chi connectivity index (χ1n) is 9.48. The van der Waals surface area contributed by atoms with Crippen LogP contribution in [0.4, 0.5) is 0 Å². The second kappa shape index (κ2) is 9.51. The van der Waals surface area contributed by atoms with Gasteiger partial charge in [-0.3, -0.25) is 0 Å². The molecule has 0 aliphatic carbocycles. The van der Waals surface area contributed by atoms with Crippen LogP contribution in [0.15, 0.2) is 79.7 Å². The minimum absolute atomic E-state index is 0.0770. The lowest BCUT2D eigenvalue weighted by Gasteiger charge is -2.07. The van der Waals surface area contributed by atoms with E-state index in [2.05, 4.69) is 15.0 Å². The Morgan fingerprint density at radius 3 is 2.31 bits per heavy atom. The summed E-state index contributed by atoms with van der Waals surface area (Å²) in [7, 11) is 0. The molecule has 0 radical (unpaired) electrons. The number of thioether (sulfide) groups is 1. The number of furan rings is 2. The molecule has 0 unspecified atom stereocenters. The van der Waals surface area contributed by atoms with E-state index in [1.807, 2.05) is 35.0 Å². The van der Waals surface area contributed by atoms with Gasteiger partial charge >= 0.3 is 5.97 Å². The topological polar surface area (TPSA) is 91.2 Å². The van der Waals surface area contributed by atoms with Gasteiger partial charge in [0.15, 0.2) is 21.5 Å². The molecule has 0 bridgehead atoms. The maximum absolute atomic E-state index is 12.7. The van der Waals surface area contributed by atoms with Crippen molar-refractivity contribution in [1.82, 2.24) is 15.0 Å². The van der Waals surface area contributed by atoms with Gasteiger partial charge in [0, 0.05) is 22.7 Å². The van der Waals surface area contributed by atoms with E-state index in [1.54, 1.807) is 30.9 Å². The van der Waals surface area contributed by atoms with E-state index in [1.165, 1.54) is 34.4 Å². The number of rotatable bonds is 8. The van der Waals surface area contributed by atoms with Gasteiger partial charge in [0.1, 0.15) is 11.6 Å². The Bertz CT molecular complexity index is 1310. The van der Waals surface area contributed by atoms with Gasteiger partial charge in [-0.25, -0.2) is 19.7 Å². The summed E-state index contributed by atoms with van der Waals surface area (Å²) < 4.78 is 16.2. The van der Waals surface area contributed by atoms with Crippen molar-refractivity contribution in [3.63, 3.8) is 0 Å². The molecule has 10 heteroatoms. The molecular weight excluding hydrogens is 466 g/mol. The van der Waals surface area contributed by atoms with Gasteiger partial charge in [0.2, 0.25) is 0 Å². The maximum Gasteiger partial charge on any atom is 0.341 e. The molecule has 5 aromatic rings. The summed E-state index contributed by atoms with van der Waals surface area (Å²) in [4.78, 5) is 26.1. The number of esters is 1. The number of aromatic nitrogens is 3. The van der Waals surface area contributed by atoms with E-state index in [-0.39, 0.29) is 6.61 Å². The molecule has 5 rings (SSSR count). The summed E-state index contributed by atoms with van der Waals surface area (Å²) in [6.45, 7) is 0.0770. The molecule has 5 aromatic heterocycles. The smallest absolute Gasteiger partial charge is 0.341 e. The van der Waals surface area contributed by atoms with Gasteiger partial charge in [-0.1, -0.05) is 11.8 Å². The zero-order chi connectivity index (χ0) is 21.8. The van der Waals surface area contributed by atoms with Gasteiger partial charge in [0.05, 0.1) is 29.5 Å². The number of carbonyl (C=O) groups excluding carboxylic acids is 1. The molecule has 0 fully saturated rings. The molecule has 5 heterocycles. The maximum atomic E-state index is 12.7. The van der Waals surface area contributed by atoms with E-state index in [0.717, 1.165) is 21.5 Å². The van der Waals surface area contributed by atoms with Gasteiger partial charge in [-0.2, -0.15) is 0 Å². The molecule has 160 valence electrons. The molecule has 0 aliphatic rings. The van der Waals surface area contributed by atoms with Crippen LogP contribution in [-0.2, 0) is 17.1 Å². The minimum atomic E-state index is -0.442. The highest BCUT2D eigenvalue weighted by atomic mass is 32.2. The Kier molecular flexibility index (Phi) is 6.15. The van der Waals surface area contributed by atoms with Crippen molar-refractivity contribution in [1.29, 1.82) is 0 Å². The van der Waals surface area contributed by atoms with Crippen LogP contribution in [0.2, 0.25) is 0 Å². The summed E-state index contributed by atoms with van der Waals surface area (Å²) in [5.74, 6) is 1.57. The molecule has 0 atom stereocenters. The number of ether oxygens (including phenoxy) is 1. The van der Waals surface area contributed by atoms with Crippen molar-refractivity contribution in [3.05, 3.63) is 82.8 Å². The quantitative estimate of drug-likeness (QED) is 0.192. The van der Waals surface area contributed by atoms with Crippen molar-refractivity contribution < 1.29 is 18.4 Å². The number of hydrogen-bond donors (Lipinski definition) is 0. The van der Waals surface area contributed by atoms with Crippen molar-refractivity contribution in [2.75, 3.05) is 0 Å². The zero-order valence-corrected chi connectivity index (χ0v) is 18.9. The molecule has 0 amide bonds. The molecule has 0 saturated carbocycles. The molecule has 0 aromatic carbocycles. The second-order valence-electron chi connectivity index (χ2n) is 6.46. The lowest BCUT2D eigenvalue weighted by atomic mass is 10.3. The fourth-order valence-corrected chi connectivity index (χ4v) is 5.33. The van der Waals surface area contributed by atoms with E-state index < -0.39 is 5.97 Å². The van der Waals surface area contributed by atoms with Gasteiger partial charge in [-0.15, -0.1) is 22.7 Å². The molecule has 0 N–H and O–H groups in total. The van der Waals surface area contributed by atoms with E-state index >= 15 is 0 Å². The van der Waals surface area contributed by atoms with Crippen LogP contribution in [0.1, 0.15) is 21.7 Å². The predicted molar refractivity (Wildman–Crippen MR) is 123 cm³/mol. The third kappa shape index (κ3) is 4.67. The normalized spacial score (nSPS) is 11.0. The van der Waals surface area contributed by atoms with E-state index in [0.29, 0.717) is 27.8 Å². The monoisotopic (exact) mass is 481 g/mol. The van der Waals surface area contributed by atoms with Crippen molar-refractivity contribution >= 4 is 40.4 Å². The summed E-state index contributed by atoms with van der Waals surface area (Å²) in [5.41, 5.74) is 1.98. The lowest BCUT2D eigenvalue weighted by molar-refractivity contribution is 0.0463. The largest absolute Gasteiger partial charge is 0.462 e. The molecular formula is C22H15N3O4S3. The molecule has 0 spiro atoms. The van der Waals surface area contributed by atoms with Crippen LogP contribution < -0.4 is 0 Å². The van der Waals surface area contributed by atoms with Crippen molar-refractivity contribution in [3.8, 4) is 21.5 Å². The molecule has 0 aliphatic heterocycles. The summed E-state index contributed by atoms with van der Waals surface area (Å²) in [6.07, 6.45) is 4.88. The van der Waals surface area contributed by atoms with Crippen LogP contribution >= 0.6 is 34.4 Å². The van der Waals surface area contributed by atoms with Gasteiger partial charge in [0.25, 0.3) is 0 Å². The Morgan fingerprint density at radius 2 is 1.62 bits per heavy atom. The minimum Gasteiger partial charge on any atom is -0.462 e. The van der Waals surface area contributed by atoms with Crippen LogP contribution in [0, 0.1) is 0 Å². The Morgan fingerprint density at radius 1 is 0.938 bits per heavy atom. The number of pyridine rings is 1. The van der Waals surface area contributed by atoms with Gasteiger partial charge < -0.3 is 13.6 Å². The summed E-state index contributed by atoms with van der Waals surface area (Å²) in [5, 5.41) is 5.99. The highest BCUT2D eigenvalue weighted by Crippen LogP contribution is 2.29. The summed E-state index contributed by atoms with van der Waals surface area (Å²) in [6, 6.07) is 10.8. The van der Waals surface area contributed by atoms with E-state index in [9.17, 15) is 4.79 Å². The van der Waals surface area contributed by atoms with Crippen molar-refractivity contribution in [2.45, 2.75) is 17.4 Å². The molecule has 32 heavy (non-hydrogen) atoms. The molecule has 7 nitrogen and oxygen atoms in total. The Hall–Kier alpha value is -3.21. The predicted octanol–water partition coefficient (Wildman–Crippen LogP) is 6.16.